The van der Waals surface area contributed by atoms with Crippen molar-refractivity contribution in [2.24, 2.45) is 5.92 Å². The predicted molar refractivity (Wildman–Crippen MR) is 74.9 cm³/mol. The molecule has 2 atom stereocenters. The fourth-order valence-electron chi connectivity index (χ4n) is 3.25. The van der Waals surface area contributed by atoms with Gasteiger partial charge in [0.15, 0.2) is 0 Å². The highest BCUT2D eigenvalue weighted by molar-refractivity contribution is 5.26. The normalized spacial score (nSPS) is 25.9. The van der Waals surface area contributed by atoms with Crippen LogP contribution in [0.4, 0.5) is 0 Å². The maximum Gasteiger partial charge on any atom is 0.0838 e. The zero-order valence-corrected chi connectivity index (χ0v) is 11.4. The van der Waals surface area contributed by atoms with E-state index in [0.717, 1.165) is 18.9 Å². The molecule has 1 aliphatic heterocycles. The monoisotopic (exact) mass is 244 g/mol. The maximum absolute atomic E-state index is 5.36. The van der Waals surface area contributed by atoms with Gasteiger partial charge in [-0.2, -0.15) is 0 Å². The number of rotatable bonds is 4. The topological polar surface area (TPSA) is 12.5 Å². The fraction of sp³-hybridized carbons (Fsp3) is 0.647. The van der Waals surface area contributed by atoms with Crippen molar-refractivity contribution in [2.75, 3.05) is 6.61 Å². The number of epoxide rings is 1. The van der Waals surface area contributed by atoms with Crippen LogP contribution in [0.15, 0.2) is 24.3 Å². The van der Waals surface area contributed by atoms with Crippen molar-refractivity contribution in [2.45, 2.75) is 57.5 Å². The predicted octanol–water partition coefficient (Wildman–Crippen LogP) is 4.31. The summed E-state index contributed by atoms with van der Waals surface area (Å²) >= 11 is 0. The molecule has 0 bridgehead atoms. The molecular weight excluding hydrogens is 220 g/mol. The molecule has 0 aromatic heterocycles. The Morgan fingerprint density at radius 3 is 2.39 bits per heavy atom. The van der Waals surface area contributed by atoms with Crippen molar-refractivity contribution in [1.29, 1.82) is 0 Å². The number of benzene rings is 1. The third-order valence-electron chi connectivity index (χ3n) is 4.61. The van der Waals surface area contributed by atoms with Crippen LogP contribution < -0.4 is 0 Å². The third kappa shape index (κ3) is 2.95. The number of hydrogen-bond donors (Lipinski definition) is 0. The van der Waals surface area contributed by atoms with Gasteiger partial charge in [0.1, 0.15) is 0 Å². The first kappa shape index (κ1) is 12.2. The van der Waals surface area contributed by atoms with Gasteiger partial charge in [0.2, 0.25) is 0 Å². The minimum Gasteiger partial charge on any atom is -0.373 e. The second kappa shape index (κ2) is 5.44. The Morgan fingerprint density at radius 1 is 1.11 bits per heavy atom. The summed E-state index contributed by atoms with van der Waals surface area (Å²) in [6, 6.07) is 9.41. The largest absolute Gasteiger partial charge is 0.373 e. The van der Waals surface area contributed by atoms with Gasteiger partial charge in [-0.1, -0.05) is 50.5 Å². The van der Waals surface area contributed by atoms with Gasteiger partial charge in [-0.3, -0.25) is 0 Å². The molecule has 18 heavy (non-hydrogen) atoms. The third-order valence-corrected chi connectivity index (χ3v) is 4.61. The smallest absolute Gasteiger partial charge is 0.0838 e. The summed E-state index contributed by atoms with van der Waals surface area (Å²) < 4.78 is 5.36. The van der Waals surface area contributed by atoms with E-state index in [0.29, 0.717) is 12.0 Å². The standard InChI is InChI=1S/C17H24O/c1-13(17-12-18-17)11-14-7-9-16(10-8-14)15-5-3-2-4-6-15/h7-10,13,15,17H,2-6,11-12H2,1H3. The average molecular weight is 244 g/mol. The zero-order valence-electron chi connectivity index (χ0n) is 11.4. The summed E-state index contributed by atoms with van der Waals surface area (Å²) in [6.07, 6.45) is 8.76. The van der Waals surface area contributed by atoms with E-state index in [4.69, 9.17) is 4.74 Å². The summed E-state index contributed by atoms with van der Waals surface area (Å²) in [5.74, 6) is 1.50. The Morgan fingerprint density at radius 2 is 1.78 bits per heavy atom. The van der Waals surface area contributed by atoms with E-state index < -0.39 is 0 Å². The molecule has 1 aromatic carbocycles. The zero-order chi connectivity index (χ0) is 12.4. The Hall–Kier alpha value is -0.820. The molecule has 0 amide bonds. The van der Waals surface area contributed by atoms with Crippen LogP contribution in [0.2, 0.25) is 0 Å². The molecule has 3 rings (SSSR count). The van der Waals surface area contributed by atoms with Gasteiger partial charge in [0.05, 0.1) is 12.7 Å². The van der Waals surface area contributed by atoms with Crippen LogP contribution in [-0.4, -0.2) is 12.7 Å². The Balaban J connectivity index is 1.60. The molecule has 2 fully saturated rings. The summed E-state index contributed by atoms with van der Waals surface area (Å²) in [6.45, 7) is 3.27. The molecule has 0 N–H and O–H groups in total. The Bertz CT molecular complexity index is 371. The lowest BCUT2D eigenvalue weighted by Crippen LogP contribution is -2.08. The highest BCUT2D eigenvalue weighted by Crippen LogP contribution is 2.33. The molecule has 1 heteroatoms. The van der Waals surface area contributed by atoms with E-state index in [2.05, 4.69) is 31.2 Å². The van der Waals surface area contributed by atoms with Crippen molar-refractivity contribution < 1.29 is 4.74 Å². The Labute approximate surface area is 111 Å². The molecule has 2 unspecified atom stereocenters. The summed E-state index contributed by atoms with van der Waals surface area (Å²) in [5.41, 5.74) is 3.03. The van der Waals surface area contributed by atoms with Crippen LogP contribution in [0.3, 0.4) is 0 Å². The summed E-state index contributed by atoms with van der Waals surface area (Å²) in [4.78, 5) is 0. The lowest BCUT2D eigenvalue weighted by atomic mass is 9.83. The minimum atomic E-state index is 0.531. The van der Waals surface area contributed by atoms with Gasteiger partial charge in [-0.15, -0.1) is 0 Å². The van der Waals surface area contributed by atoms with E-state index in [1.54, 1.807) is 5.56 Å². The molecule has 0 spiro atoms. The van der Waals surface area contributed by atoms with E-state index >= 15 is 0 Å². The van der Waals surface area contributed by atoms with Crippen LogP contribution in [0.25, 0.3) is 0 Å². The quantitative estimate of drug-likeness (QED) is 0.719. The van der Waals surface area contributed by atoms with Crippen molar-refractivity contribution >= 4 is 0 Å². The van der Waals surface area contributed by atoms with Crippen LogP contribution in [0.1, 0.15) is 56.1 Å². The highest BCUT2D eigenvalue weighted by atomic mass is 16.6. The molecule has 1 aliphatic carbocycles. The molecule has 0 radical (unpaired) electrons. The van der Waals surface area contributed by atoms with Crippen molar-refractivity contribution in [3.05, 3.63) is 35.4 Å². The van der Waals surface area contributed by atoms with Gasteiger partial charge in [0, 0.05) is 0 Å². The second-order valence-corrected chi connectivity index (χ2v) is 6.13. The van der Waals surface area contributed by atoms with Crippen LogP contribution in [-0.2, 0) is 11.2 Å². The molecule has 1 saturated carbocycles. The van der Waals surface area contributed by atoms with E-state index in [-0.39, 0.29) is 0 Å². The average Bonchev–Trinajstić information content (AvgIpc) is 3.25. The van der Waals surface area contributed by atoms with Crippen LogP contribution in [0.5, 0.6) is 0 Å². The lowest BCUT2D eigenvalue weighted by molar-refractivity contribution is 0.341. The van der Waals surface area contributed by atoms with E-state index in [1.807, 2.05) is 0 Å². The summed E-state index contributed by atoms with van der Waals surface area (Å²) in [7, 11) is 0. The highest BCUT2D eigenvalue weighted by Gasteiger charge is 2.29. The second-order valence-electron chi connectivity index (χ2n) is 6.13. The van der Waals surface area contributed by atoms with Crippen molar-refractivity contribution in [1.82, 2.24) is 0 Å². The van der Waals surface area contributed by atoms with Gasteiger partial charge in [0.25, 0.3) is 0 Å². The number of hydrogen-bond acceptors (Lipinski definition) is 1. The molecule has 1 saturated heterocycles. The molecule has 1 aromatic rings. The first-order chi connectivity index (χ1) is 8.83. The maximum atomic E-state index is 5.36. The van der Waals surface area contributed by atoms with Crippen molar-refractivity contribution in [3.8, 4) is 0 Å². The van der Waals surface area contributed by atoms with E-state index in [9.17, 15) is 0 Å². The first-order valence-corrected chi connectivity index (χ1v) is 7.53. The van der Waals surface area contributed by atoms with E-state index in [1.165, 1.54) is 37.7 Å². The fourth-order valence-corrected chi connectivity index (χ4v) is 3.25. The molecular formula is C17H24O. The Kier molecular flexibility index (Phi) is 3.69. The number of ether oxygens (including phenoxy) is 1. The van der Waals surface area contributed by atoms with Gasteiger partial charge in [-0.05, 0) is 42.2 Å². The van der Waals surface area contributed by atoms with Gasteiger partial charge < -0.3 is 4.74 Å². The molecule has 98 valence electrons. The minimum absolute atomic E-state index is 0.531. The van der Waals surface area contributed by atoms with Gasteiger partial charge >= 0.3 is 0 Å². The summed E-state index contributed by atoms with van der Waals surface area (Å²) in [5, 5.41) is 0. The van der Waals surface area contributed by atoms with Crippen LogP contribution >= 0.6 is 0 Å². The molecule has 1 heterocycles. The van der Waals surface area contributed by atoms with Gasteiger partial charge in [-0.25, -0.2) is 0 Å². The molecule has 2 aliphatic rings. The molecule has 1 nitrogen and oxygen atoms in total. The van der Waals surface area contributed by atoms with Crippen molar-refractivity contribution in [3.63, 3.8) is 0 Å². The first-order valence-electron chi connectivity index (χ1n) is 7.53. The lowest BCUT2D eigenvalue weighted by Gasteiger charge is -2.22. The SMILES string of the molecule is CC(Cc1ccc(C2CCCCC2)cc1)C1CO1. The van der Waals surface area contributed by atoms with Crippen LogP contribution in [0, 0.1) is 5.92 Å².